The van der Waals surface area contributed by atoms with Crippen LogP contribution in [-0.4, -0.2) is 9.91 Å². The number of aromatic nitrogens is 1. The molecule has 20 heavy (non-hydrogen) atoms. The molecule has 0 spiro atoms. The number of halogens is 1. The number of nitrogens with zero attached hydrogens (tertiary/aromatic N) is 2. The number of hydrogen-bond donors (Lipinski definition) is 0. The van der Waals surface area contributed by atoms with Crippen LogP contribution in [0, 0.1) is 10.1 Å². The lowest BCUT2D eigenvalue weighted by Gasteiger charge is -2.27. The van der Waals surface area contributed by atoms with Gasteiger partial charge in [-0.05, 0) is 30.4 Å². The highest BCUT2D eigenvalue weighted by Gasteiger charge is 2.26. The zero-order chi connectivity index (χ0) is 14.1. The van der Waals surface area contributed by atoms with Gasteiger partial charge >= 0.3 is 0 Å². The molecule has 1 heterocycles. The molecule has 1 aromatic carbocycles. The van der Waals surface area contributed by atoms with E-state index in [1.165, 1.54) is 18.6 Å². The molecule has 1 aliphatic carbocycles. The van der Waals surface area contributed by atoms with Gasteiger partial charge < -0.3 is 0 Å². The van der Waals surface area contributed by atoms with E-state index in [1.807, 2.05) is 24.3 Å². The van der Waals surface area contributed by atoms with Gasteiger partial charge in [0, 0.05) is 11.6 Å². The van der Waals surface area contributed by atoms with Gasteiger partial charge in [-0.25, -0.2) is 4.98 Å². The van der Waals surface area contributed by atoms with Crippen molar-refractivity contribution in [2.75, 3.05) is 0 Å². The number of nitro groups is 1. The zero-order valence-electron chi connectivity index (χ0n) is 10.8. The van der Waals surface area contributed by atoms with Gasteiger partial charge in [0.05, 0.1) is 4.92 Å². The smallest absolute Gasteiger partial charge is 0.258 e. The van der Waals surface area contributed by atoms with Crippen LogP contribution in [0.25, 0.3) is 11.3 Å². The maximum atomic E-state index is 11.2. The van der Waals surface area contributed by atoms with Crippen LogP contribution in [0.4, 0.5) is 5.69 Å². The van der Waals surface area contributed by atoms with Gasteiger partial charge in [-0.3, -0.25) is 10.1 Å². The highest BCUT2D eigenvalue weighted by molar-refractivity contribution is 6.29. The summed E-state index contributed by atoms with van der Waals surface area (Å²) < 4.78 is 0. The number of rotatable bonds is 3. The quantitative estimate of drug-likeness (QED) is 0.472. The van der Waals surface area contributed by atoms with Crippen LogP contribution < -0.4 is 0 Å². The standard InChI is InChI=1S/C15H13ClN2O2/c16-14-9-8-13(18(19)20)15(17-14)12-7-2-1-6-11(12)10-4-3-5-10/h1-2,6-10H,3-5H2. The lowest BCUT2D eigenvalue weighted by Crippen LogP contribution is -2.10. The van der Waals surface area contributed by atoms with Gasteiger partial charge in [-0.2, -0.15) is 0 Å². The second kappa shape index (κ2) is 5.21. The highest BCUT2D eigenvalue weighted by atomic mass is 35.5. The molecular weight excluding hydrogens is 276 g/mol. The average molecular weight is 289 g/mol. The van der Waals surface area contributed by atoms with E-state index in [0.29, 0.717) is 11.6 Å². The van der Waals surface area contributed by atoms with E-state index in [9.17, 15) is 10.1 Å². The Kier molecular flexibility index (Phi) is 3.40. The summed E-state index contributed by atoms with van der Waals surface area (Å²) in [6.45, 7) is 0. The van der Waals surface area contributed by atoms with E-state index in [4.69, 9.17) is 11.6 Å². The van der Waals surface area contributed by atoms with Crippen LogP contribution in [0.1, 0.15) is 30.7 Å². The van der Waals surface area contributed by atoms with Crippen molar-refractivity contribution in [3.05, 3.63) is 57.2 Å². The molecule has 0 N–H and O–H groups in total. The largest absolute Gasteiger partial charge is 0.295 e. The number of pyridine rings is 1. The summed E-state index contributed by atoms with van der Waals surface area (Å²) in [4.78, 5) is 15.0. The SMILES string of the molecule is O=[N+]([O-])c1ccc(Cl)nc1-c1ccccc1C1CCC1. The Labute approximate surface area is 121 Å². The minimum atomic E-state index is -0.407. The van der Waals surface area contributed by atoms with E-state index in [2.05, 4.69) is 4.98 Å². The topological polar surface area (TPSA) is 56.0 Å². The van der Waals surface area contributed by atoms with Crippen molar-refractivity contribution in [1.82, 2.24) is 4.98 Å². The second-order valence-corrected chi connectivity index (χ2v) is 5.36. The minimum Gasteiger partial charge on any atom is -0.258 e. The Balaban J connectivity index is 2.18. The van der Waals surface area contributed by atoms with Crippen molar-refractivity contribution in [1.29, 1.82) is 0 Å². The first-order valence-corrected chi connectivity index (χ1v) is 6.95. The summed E-state index contributed by atoms with van der Waals surface area (Å²) in [6.07, 6.45) is 3.47. The Morgan fingerprint density at radius 3 is 2.60 bits per heavy atom. The van der Waals surface area contributed by atoms with Gasteiger partial charge in [0.25, 0.3) is 5.69 Å². The molecule has 0 saturated heterocycles. The normalized spacial score (nSPS) is 14.8. The van der Waals surface area contributed by atoms with E-state index in [1.54, 1.807) is 0 Å². The van der Waals surface area contributed by atoms with Crippen LogP contribution in [0.3, 0.4) is 0 Å². The predicted octanol–water partition coefficient (Wildman–Crippen LogP) is 4.58. The highest BCUT2D eigenvalue weighted by Crippen LogP contribution is 2.42. The molecule has 1 aromatic heterocycles. The van der Waals surface area contributed by atoms with Gasteiger partial charge in [0.1, 0.15) is 10.8 Å². The Hall–Kier alpha value is -1.94. The summed E-state index contributed by atoms with van der Waals surface area (Å²) >= 11 is 5.92. The molecule has 0 atom stereocenters. The predicted molar refractivity (Wildman–Crippen MR) is 77.9 cm³/mol. The lowest BCUT2D eigenvalue weighted by molar-refractivity contribution is -0.384. The van der Waals surface area contributed by atoms with Crippen LogP contribution in [0.15, 0.2) is 36.4 Å². The molecule has 0 bridgehead atoms. The first-order chi connectivity index (χ1) is 9.66. The molecule has 4 nitrogen and oxygen atoms in total. The van der Waals surface area contributed by atoms with Gasteiger partial charge in [0.15, 0.2) is 0 Å². The van der Waals surface area contributed by atoms with Crippen molar-refractivity contribution in [2.24, 2.45) is 0 Å². The Morgan fingerprint density at radius 2 is 1.95 bits per heavy atom. The molecule has 102 valence electrons. The fraction of sp³-hybridized carbons (Fsp3) is 0.267. The molecule has 3 rings (SSSR count). The van der Waals surface area contributed by atoms with E-state index >= 15 is 0 Å². The minimum absolute atomic E-state index is 0.00109. The summed E-state index contributed by atoms with van der Waals surface area (Å²) in [5, 5.41) is 11.5. The third kappa shape index (κ3) is 2.27. The van der Waals surface area contributed by atoms with E-state index in [-0.39, 0.29) is 10.8 Å². The Bertz CT molecular complexity index is 669. The molecule has 0 amide bonds. The number of hydrogen-bond acceptors (Lipinski definition) is 3. The first kappa shape index (κ1) is 13.1. The van der Waals surface area contributed by atoms with Crippen molar-refractivity contribution in [3.8, 4) is 11.3 Å². The van der Waals surface area contributed by atoms with Crippen molar-refractivity contribution >= 4 is 17.3 Å². The third-order valence-corrected chi connectivity index (χ3v) is 4.01. The Morgan fingerprint density at radius 1 is 1.20 bits per heavy atom. The molecule has 5 heteroatoms. The van der Waals surface area contributed by atoms with Gasteiger partial charge in [-0.15, -0.1) is 0 Å². The summed E-state index contributed by atoms with van der Waals surface area (Å²) in [5.74, 6) is 0.478. The van der Waals surface area contributed by atoms with Gasteiger partial charge in [0.2, 0.25) is 0 Å². The third-order valence-electron chi connectivity index (χ3n) is 3.80. The van der Waals surface area contributed by atoms with Crippen LogP contribution in [0.5, 0.6) is 0 Å². The van der Waals surface area contributed by atoms with Gasteiger partial charge in [-0.1, -0.05) is 42.3 Å². The first-order valence-electron chi connectivity index (χ1n) is 6.57. The molecule has 2 aromatic rings. The maximum Gasteiger partial charge on any atom is 0.295 e. The summed E-state index contributed by atoms with van der Waals surface area (Å²) in [5.41, 5.74) is 2.33. The van der Waals surface area contributed by atoms with E-state index in [0.717, 1.165) is 24.0 Å². The zero-order valence-corrected chi connectivity index (χ0v) is 11.5. The second-order valence-electron chi connectivity index (χ2n) is 4.97. The van der Waals surface area contributed by atoms with Crippen LogP contribution >= 0.6 is 11.6 Å². The molecule has 0 unspecified atom stereocenters. The molecule has 0 aliphatic heterocycles. The molecule has 1 aliphatic rings. The molecule has 1 saturated carbocycles. The van der Waals surface area contributed by atoms with Crippen molar-refractivity contribution < 1.29 is 4.92 Å². The maximum absolute atomic E-state index is 11.2. The van der Waals surface area contributed by atoms with Crippen LogP contribution in [-0.2, 0) is 0 Å². The van der Waals surface area contributed by atoms with Crippen molar-refractivity contribution in [3.63, 3.8) is 0 Å². The summed E-state index contributed by atoms with van der Waals surface area (Å²) in [7, 11) is 0. The fourth-order valence-corrected chi connectivity index (χ4v) is 2.71. The van der Waals surface area contributed by atoms with Crippen molar-refractivity contribution in [2.45, 2.75) is 25.2 Å². The molecule has 1 fully saturated rings. The molecule has 0 radical (unpaired) electrons. The molecular formula is C15H13ClN2O2. The lowest BCUT2D eigenvalue weighted by atomic mass is 9.77. The van der Waals surface area contributed by atoms with Crippen LogP contribution in [0.2, 0.25) is 5.15 Å². The number of benzene rings is 1. The van der Waals surface area contributed by atoms with E-state index < -0.39 is 4.92 Å². The summed E-state index contributed by atoms with van der Waals surface area (Å²) in [6, 6.07) is 10.6. The monoisotopic (exact) mass is 288 g/mol. The average Bonchev–Trinajstić information content (AvgIpc) is 2.37. The fourth-order valence-electron chi connectivity index (χ4n) is 2.56.